The number of benzene rings is 3. The van der Waals surface area contributed by atoms with E-state index in [1.54, 1.807) is 0 Å². The second-order valence-electron chi connectivity index (χ2n) is 10.7. The van der Waals surface area contributed by atoms with Gasteiger partial charge in [-0.15, -0.1) is 0 Å². The summed E-state index contributed by atoms with van der Waals surface area (Å²) in [6, 6.07) is 25.5. The number of imidazole rings is 3. The van der Waals surface area contributed by atoms with Crippen LogP contribution in [0.15, 0.2) is 72.8 Å². The number of hydrogen-bond donors (Lipinski definition) is 0. The van der Waals surface area contributed by atoms with Crippen molar-refractivity contribution in [3.8, 4) is 0 Å². The van der Waals surface area contributed by atoms with Crippen molar-refractivity contribution in [2.75, 3.05) is 0 Å². The Hall–Kier alpha value is -3.97. The summed E-state index contributed by atoms with van der Waals surface area (Å²) in [4.78, 5) is 17.9. The van der Waals surface area contributed by atoms with Crippen LogP contribution in [0.25, 0.3) is 33.1 Å². The van der Waals surface area contributed by atoms with Crippen molar-refractivity contribution in [2.24, 2.45) is 0 Å². The van der Waals surface area contributed by atoms with Gasteiger partial charge in [0.2, 0.25) is 0 Å². The van der Waals surface area contributed by atoms with Crippen LogP contribution in [0.3, 0.4) is 0 Å². The Balaban J connectivity index is 1.43. The molecule has 0 saturated heterocycles. The number of rotatable bonds is 12. The number of fused-ring (bicyclic) bond motifs is 3. The van der Waals surface area contributed by atoms with E-state index in [-0.39, 0.29) is 0 Å². The van der Waals surface area contributed by atoms with Crippen LogP contribution in [0.2, 0.25) is 0 Å². The molecule has 206 valence electrons. The molecule has 0 aliphatic rings. The zero-order chi connectivity index (χ0) is 27.5. The van der Waals surface area contributed by atoms with Gasteiger partial charge in [-0.25, -0.2) is 15.0 Å². The summed E-state index contributed by atoms with van der Waals surface area (Å²) in [6.45, 7) is 11.7. The second-order valence-corrected chi connectivity index (χ2v) is 10.7. The van der Waals surface area contributed by atoms with Gasteiger partial charge in [-0.1, -0.05) is 57.2 Å². The maximum atomic E-state index is 5.12. The van der Waals surface area contributed by atoms with Crippen LogP contribution >= 0.6 is 0 Å². The largest absolute Gasteiger partial charge is 0.327 e. The Morgan fingerprint density at radius 2 is 0.775 bits per heavy atom. The molecule has 0 unspecified atom stereocenters. The van der Waals surface area contributed by atoms with Gasteiger partial charge in [-0.2, -0.15) is 0 Å². The normalized spacial score (nSPS) is 12.0. The molecular formula is C33H39N7. The quantitative estimate of drug-likeness (QED) is 0.167. The Labute approximate surface area is 236 Å². The number of para-hydroxylation sites is 6. The van der Waals surface area contributed by atoms with Gasteiger partial charge in [0.25, 0.3) is 0 Å². The van der Waals surface area contributed by atoms with E-state index in [0.717, 1.165) is 92.6 Å². The molecular weight excluding hydrogens is 494 g/mol. The highest BCUT2D eigenvalue weighted by atomic mass is 15.2. The van der Waals surface area contributed by atoms with Crippen molar-refractivity contribution in [3.63, 3.8) is 0 Å². The lowest BCUT2D eigenvalue weighted by atomic mass is 10.3. The van der Waals surface area contributed by atoms with Gasteiger partial charge in [0.15, 0.2) is 0 Å². The molecule has 7 nitrogen and oxygen atoms in total. The smallest absolute Gasteiger partial charge is 0.124 e. The lowest BCUT2D eigenvalue weighted by Gasteiger charge is -2.23. The lowest BCUT2D eigenvalue weighted by molar-refractivity contribution is 0.220. The van der Waals surface area contributed by atoms with Crippen molar-refractivity contribution < 1.29 is 0 Å². The van der Waals surface area contributed by atoms with Crippen molar-refractivity contribution in [2.45, 2.75) is 79.3 Å². The highest BCUT2D eigenvalue weighted by Gasteiger charge is 2.21. The minimum absolute atomic E-state index is 0.722. The summed E-state index contributed by atoms with van der Waals surface area (Å²) in [6.07, 6.45) is 3.18. The van der Waals surface area contributed by atoms with Crippen LogP contribution < -0.4 is 0 Å². The standard InChI is InChI=1S/C33H39N7/c1-4-19-38-28-16-10-7-13-25(28)34-31(38)22-37(23-32-35-26-14-8-11-17-29(26)39(32)20-5-2)24-33-36-27-15-9-12-18-30(27)40(33)21-6-3/h7-18H,4-6,19-24H2,1-3H3. The number of aromatic nitrogens is 6. The topological polar surface area (TPSA) is 56.7 Å². The molecule has 3 aromatic carbocycles. The Bertz CT molecular complexity index is 1530. The van der Waals surface area contributed by atoms with Crippen molar-refractivity contribution in [1.29, 1.82) is 0 Å². The molecule has 40 heavy (non-hydrogen) atoms. The van der Waals surface area contributed by atoms with E-state index in [1.807, 2.05) is 0 Å². The summed E-state index contributed by atoms with van der Waals surface area (Å²) in [5.41, 5.74) is 6.79. The predicted molar refractivity (Wildman–Crippen MR) is 163 cm³/mol. The van der Waals surface area contributed by atoms with Gasteiger partial charge >= 0.3 is 0 Å². The average molecular weight is 534 g/mol. The van der Waals surface area contributed by atoms with Gasteiger partial charge in [0.1, 0.15) is 17.5 Å². The fraction of sp³-hybridized carbons (Fsp3) is 0.364. The van der Waals surface area contributed by atoms with Crippen LogP contribution in [-0.2, 0) is 39.3 Å². The Morgan fingerprint density at radius 1 is 0.475 bits per heavy atom. The molecule has 0 bridgehead atoms. The molecule has 0 amide bonds. The van der Waals surface area contributed by atoms with Gasteiger partial charge in [-0.3, -0.25) is 4.90 Å². The molecule has 0 saturated carbocycles. The van der Waals surface area contributed by atoms with Gasteiger partial charge < -0.3 is 13.7 Å². The maximum Gasteiger partial charge on any atom is 0.124 e. The van der Waals surface area contributed by atoms with Gasteiger partial charge in [0, 0.05) is 19.6 Å². The fourth-order valence-corrected chi connectivity index (χ4v) is 5.93. The van der Waals surface area contributed by atoms with Crippen LogP contribution in [0, 0.1) is 0 Å². The van der Waals surface area contributed by atoms with Crippen LogP contribution in [0.5, 0.6) is 0 Å². The fourth-order valence-electron chi connectivity index (χ4n) is 5.93. The van der Waals surface area contributed by atoms with E-state index in [0.29, 0.717) is 0 Å². The SMILES string of the molecule is CCCn1c(CN(Cc2nc3ccccc3n2CCC)Cc2nc3ccccc3n2CCC)nc2ccccc21. The van der Waals surface area contributed by atoms with E-state index in [9.17, 15) is 0 Å². The molecule has 3 aromatic heterocycles. The highest BCUT2D eigenvalue weighted by Crippen LogP contribution is 2.24. The summed E-state index contributed by atoms with van der Waals surface area (Å²) in [7, 11) is 0. The van der Waals surface area contributed by atoms with Crippen molar-refractivity contribution in [1.82, 2.24) is 33.6 Å². The highest BCUT2D eigenvalue weighted by molar-refractivity contribution is 5.77. The van der Waals surface area contributed by atoms with Gasteiger partial charge in [-0.05, 0) is 55.7 Å². The number of nitrogens with zero attached hydrogens (tertiary/aromatic N) is 7. The molecule has 0 spiro atoms. The first-order valence-electron chi connectivity index (χ1n) is 14.7. The third kappa shape index (κ3) is 5.02. The van der Waals surface area contributed by atoms with Gasteiger partial charge in [0.05, 0.1) is 52.7 Å². The summed E-state index contributed by atoms with van der Waals surface area (Å²) >= 11 is 0. The summed E-state index contributed by atoms with van der Waals surface area (Å²) in [5, 5.41) is 0. The van der Waals surface area contributed by atoms with Crippen LogP contribution in [-0.4, -0.2) is 33.6 Å². The average Bonchev–Trinajstić information content (AvgIpc) is 3.61. The summed E-state index contributed by atoms with van der Waals surface area (Å²) in [5.74, 6) is 3.29. The Morgan fingerprint density at radius 3 is 1.07 bits per heavy atom. The first-order chi connectivity index (χ1) is 19.7. The minimum atomic E-state index is 0.722. The van der Waals surface area contributed by atoms with Crippen molar-refractivity contribution >= 4 is 33.1 Å². The van der Waals surface area contributed by atoms with E-state index in [4.69, 9.17) is 15.0 Å². The predicted octanol–water partition coefficient (Wildman–Crippen LogP) is 7.17. The van der Waals surface area contributed by atoms with Crippen LogP contribution in [0.4, 0.5) is 0 Å². The Kier molecular flexibility index (Phi) is 7.64. The third-order valence-electron chi connectivity index (χ3n) is 7.64. The van der Waals surface area contributed by atoms with E-state index >= 15 is 0 Å². The molecule has 3 heterocycles. The molecule has 6 aromatic rings. The molecule has 0 aliphatic heterocycles. The van der Waals surface area contributed by atoms with Crippen LogP contribution in [0.1, 0.15) is 57.5 Å². The first-order valence-corrected chi connectivity index (χ1v) is 14.7. The first kappa shape index (κ1) is 26.3. The molecule has 6 rings (SSSR count). The lowest BCUT2D eigenvalue weighted by Crippen LogP contribution is -2.28. The summed E-state index contributed by atoms with van der Waals surface area (Å²) < 4.78 is 7.19. The second kappa shape index (κ2) is 11.6. The molecule has 0 radical (unpaired) electrons. The monoisotopic (exact) mass is 533 g/mol. The molecule has 0 atom stereocenters. The molecule has 0 aliphatic carbocycles. The number of aryl methyl sites for hydroxylation is 3. The van der Waals surface area contributed by atoms with Crippen molar-refractivity contribution in [3.05, 3.63) is 90.3 Å². The minimum Gasteiger partial charge on any atom is -0.327 e. The third-order valence-corrected chi connectivity index (χ3v) is 7.64. The maximum absolute atomic E-state index is 5.12. The zero-order valence-corrected chi connectivity index (χ0v) is 23.9. The zero-order valence-electron chi connectivity index (χ0n) is 23.9. The number of hydrogen-bond acceptors (Lipinski definition) is 4. The molecule has 0 N–H and O–H groups in total. The van der Waals surface area contributed by atoms with E-state index < -0.39 is 0 Å². The molecule has 0 fully saturated rings. The molecule has 7 heteroatoms. The van der Waals surface area contributed by atoms with E-state index in [2.05, 4.69) is 112 Å². The van der Waals surface area contributed by atoms with E-state index in [1.165, 1.54) is 16.6 Å².